The zero-order valence-electron chi connectivity index (χ0n) is 19.6. The van der Waals surface area contributed by atoms with Gasteiger partial charge in [-0.1, -0.05) is 12.1 Å². The van der Waals surface area contributed by atoms with Crippen molar-refractivity contribution in [3.8, 4) is 5.75 Å². The second kappa shape index (κ2) is 9.86. The Balaban J connectivity index is 1.15. The van der Waals surface area contributed by atoms with Crippen molar-refractivity contribution in [2.75, 3.05) is 37.7 Å². The molecule has 1 amide bonds. The predicted molar refractivity (Wildman–Crippen MR) is 132 cm³/mol. The Morgan fingerprint density at radius 3 is 2.70 bits per heavy atom. The number of imidazole rings is 1. The molecule has 2 aliphatic rings. The fourth-order valence-corrected chi connectivity index (χ4v) is 4.85. The summed E-state index contributed by atoms with van der Waals surface area (Å²) in [4.78, 5) is 24.8. The standard InChI is InChI=1S/C27H34N4O2/c1-20-24(30-13-3-2-4-14-30)8-5-9-25(20)33-17-6-10-26-28-22-12-11-21(18-23(22)29-26)19-27(32)31-15-7-16-31/h5,8-9,11-12,18H,2-4,6-7,10,13-17,19H2,1H3,(H,28,29). The van der Waals surface area contributed by atoms with Gasteiger partial charge in [-0.3, -0.25) is 4.79 Å². The van der Waals surface area contributed by atoms with Gasteiger partial charge in [0.1, 0.15) is 11.6 Å². The third-order valence-electron chi connectivity index (χ3n) is 6.93. The molecule has 1 N–H and O–H groups in total. The van der Waals surface area contributed by atoms with Crippen molar-refractivity contribution < 1.29 is 9.53 Å². The number of piperidine rings is 1. The number of nitrogens with zero attached hydrogens (tertiary/aromatic N) is 3. The van der Waals surface area contributed by atoms with Gasteiger partial charge in [-0.05, 0) is 68.9 Å². The maximum absolute atomic E-state index is 12.2. The number of fused-ring (bicyclic) bond motifs is 1. The molecule has 2 aromatic carbocycles. The van der Waals surface area contributed by atoms with E-state index in [-0.39, 0.29) is 5.91 Å². The highest BCUT2D eigenvalue weighted by atomic mass is 16.5. The SMILES string of the molecule is Cc1c(OCCCc2nc3ccc(CC(=O)N4CCC4)cc3[nH]2)cccc1N1CCCCC1. The van der Waals surface area contributed by atoms with E-state index in [1.54, 1.807) is 0 Å². The Kier molecular flexibility index (Phi) is 6.51. The summed E-state index contributed by atoms with van der Waals surface area (Å²) >= 11 is 0. The maximum Gasteiger partial charge on any atom is 0.226 e. The largest absolute Gasteiger partial charge is 0.493 e. The van der Waals surface area contributed by atoms with Gasteiger partial charge in [0.2, 0.25) is 5.91 Å². The number of aromatic amines is 1. The van der Waals surface area contributed by atoms with Crippen LogP contribution in [0.2, 0.25) is 0 Å². The maximum atomic E-state index is 12.2. The lowest BCUT2D eigenvalue weighted by Crippen LogP contribution is -2.42. The van der Waals surface area contributed by atoms with Crippen LogP contribution in [-0.4, -0.2) is 53.6 Å². The van der Waals surface area contributed by atoms with Gasteiger partial charge < -0.3 is 19.5 Å². The fourth-order valence-electron chi connectivity index (χ4n) is 4.85. The summed E-state index contributed by atoms with van der Waals surface area (Å²) in [5.41, 5.74) is 5.55. The van der Waals surface area contributed by atoms with Gasteiger partial charge >= 0.3 is 0 Å². The number of carbonyl (C=O) groups excluding carboxylic acids is 1. The molecule has 3 heterocycles. The second-order valence-corrected chi connectivity index (χ2v) is 9.35. The van der Waals surface area contributed by atoms with Gasteiger partial charge in [0, 0.05) is 43.9 Å². The van der Waals surface area contributed by atoms with Crippen LogP contribution >= 0.6 is 0 Å². The Morgan fingerprint density at radius 1 is 1.06 bits per heavy atom. The van der Waals surface area contributed by atoms with Crippen LogP contribution in [0, 0.1) is 6.92 Å². The van der Waals surface area contributed by atoms with E-state index in [4.69, 9.17) is 9.72 Å². The van der Waals surface area contributed by atoms with E-state index in [1.165, 1.54) is 30.5 Å². The number of likely N-dealkylation sites (tertiary alicyclic amines) is 1. The number of ether oxygens (including phenoxy) is 1. The average Bonchev–Trinajstić information content (AvgIpc) is 3.19. The fraction of sp³-hybridized carbons (Fsp3) is 0.481. The first kappa shape index (κ1) is 21.8. The lowest BCUT2D eigenvalue weighted by atomic mass is 10.1. The molecule has 0 unspecified atom stereocenters. The van der Waals surface area contributed by atoms with Crippen LogP contribution in [0.3, 0.4) is 0 Å². The Hall–Kier alpha value is -3.02. The first-order chi connectivity index (χ1) is 16.2. The third-order valence-corrected chi connectivity index (χ3v) is 6.93. The average molecular weight is 447 g/mol. The normalized spacial score (nSPS) is 16.2. The highest BCUT2D eigenvalue weighted by molar-refractivity contribution is 5.82. The quantitative estimate of drug-likeness (QED) is 0.512. The Labute approximate surface area is 195 Å². The molecule has 0 spiro atoms. The molecule has 33 heavy (non-hydrogen) atoms. The molecular weight excluding hydrogens is 412 g/mol. The molecule has 0 atom stereocenters. The highest BCUT2D eigenvalue weighted by Crippen LogP contribution is 2.30. The molecule has 0 bridgehead atoms. The molecule has 6 nitrogen and oxygen atoms in total. The number of rotatable bonds is 8. The summed E-state index contributed by atoms with van der Waals surface area (Å²) in [6.07, 6.45) is 7.22. The van der Waals surface area contributed by atoms with Crippen molar-refractivity contribution in [3.05, 3.63) is 53.3 Å². The second-order valence-electron chi connectivity index (χ2n) is 9.35. The monoisotopic (exact) mass is 446 g/mol. The van der Waals surface area contributed by atoms with Gasteiger partial charge in [-0.2, -0.15) is 0 Å². The van der Waals surface area contributed by atoms with E-state index in [0.717, 1.165) is 73.6 Å². The molecule has 2 fully saturated rings. The van der Waals surface area contributed by atoms with Crippen LogP contribution in [0.25, 0.3) is 11.0 Å². The van der Waals surface area contributed by atoms with E-state index < -0.39 is 0 Å². The molecule has 0 saturated carbocycles. The molecule has 0 aliphatic carbocycles. The summed E-state index contributed by atoms with van der Waals surface area (Å²) in [7, 11) is 0. The minimum absolute atomic E-state index is 0.220. The molecule has 174 valence electrons. The summed E-state index contributed by atoms with van der Waals surface area (Å²) < 4.78 is 6.15. The number of aryl methyl sites for hydroxylation is 1. The van der Waals surface area contributed by atoms with Crippen LogP contribution in [0.4, 0.5) is 5.69 Å². The van der Waals surface area contributed by atoms with Gasteiger partial charge in [-0.25, -0.2) is 4.98 Å². The molecule has 1 aromatic heterocycles. The van der Waals surface area contributed by atoms with Crippen molar-refractivity contribution in [1.29, 1.82) is 0 Å². The van der Waals surface area contributed by atoms with E-state index in [9.17, 15) is 4.79 Å². The summed E-state index contributed by atoms with van der Waals surface area (Å²) in [6, 6.07) is 12.5. The molecule has 5 rings (SSSR count). The number of amides is 1. The number of aromatic nitrogens is 2. The van der Waals surface area contributed by atoms with Crippen LogP contribution in [0.15, 0.2) is 36.4 Å². The summed E-state index contributed by atoms with van der Waals surface area (Å²) in [5.74, 6) is 2.18. The van der Waals surface area contributed by atoms with Crippen LogP contribution in [0.5, 0.6) is 5.75 Å². The first-order valence-electron chi connectivity index (χ1n) is 12.4. The minimum Gasteiger partial charge on any atom is -0.493 e. The molecule has 6 heteroatoms. The smallest absolute Gasteiger partial charge is 0.226 e. The topological polar surface area (TPSA) is 61.5 Å². The van der Waals surface area contributed by atoms with E-state index >= 15 is 0 Å². The molecule has 2 saturated heterocycles. The van der Waals surface area contributed by atoms with Crippen molar-refractivity contribution >= 4 is 22.6 Å². The molecule has 3 aromatic rings. The number of anilines is 1. The van der Waals surface area contributed by atoms with Gasteiger partial charge in [0.15, 0.2) is 0 Å². The van der Waals surface area contributed by atoms with Crippen LogP contribution < -0.4 is 9.64 Å². The van der Waals surface area contributed by atoms with Crippen molar-refractivity contribution in [1.82, 2.24) is 14.9 Å². The van der Waals surface area contributed by atoms with E-state index in [1.807, 2.05) is 17.0 Å². The predicted octanol–water partition coefficient (Wildman–Crippen LogP) is 4.65. The van der Waals surface area contributed by atoms with Crippen molar-refractivity contribution in [2.45, 2.75) is 51.9 Å². The molecular formula is C27H34N4O2. The van der Waals surface area contributed by atoms with Crippen LogP contribution in [-0.2, 0) is 17.6 Å². The number of H-pyrrole nitrogens is 1. The van der Waals surface area contributed by atoms with Gasteiger partial charge in [0.25, 0.3) is 0 Å². The zero-order chi connectivity index (χ0) is 22.6. The Bertz CT molecular complexity index is 1110. The van der Waals surface area contributed by atoms with Crippen molar-refractivity contribution in [2.24, 2.45) is 0 Å². The van der Waals surface area contributed by atoms with Gasteiger partial charge in [-0.15, -0.1) is 0 Å². The van der Waals surface area contributed by atoms with E-state index in [0.29, 0.717) is 13.0 Å². The van der Waals surface area contributed by atoms with E-state index in [2.05, 4.69) is 41.1 Å². The number of nitrogens with one attached hydrogen (secondary N) is 1. The highest BCUT2D eigenvalue weighted by Gasteiger charge is 2.20. The van der Waals surface area contributed by atoms with Crippen molar-refractivity contribution in [3.63, 3.8) is 0 Å². The third kappa shape index (κ3) is 5.00. The summed E-state index contributed by atoms with van der Waals surface area (Å²) in [5, 5.41) is 0. The molecule has 2 aliphatic heterocycles. The number of carbonyl (C=O) groups is 1. The number of hydrogen-bond acceptors (Lipinski definition) is 4. The lowest BCUT2D eigenvalue weighted by molar-refractivity contribution is -0.133. The molecule has 0 radical (unpaired) electrons. The Morgan fingerprint density at radius 2 is 1.91 bits per heavy atom. The number of benzene rings is 2. The minimum atomic E-state index is 0.220. The van der Waals surface area contributed by atoms with Crippen LogP contribution in [0.1, 0.15) is 49.1 Å². The first-order valence-corrected chi connectivity index (χ1v) is 12.4. The summed E-state index contributed by atoms with van der Waals surface area (Å²) in [6.45, 7) is 6.92. The lowest BCUT2D eigenvalue weighted by Gasteiger charge is -2.30. The van der Waals surface area contributed by atoms with Gasteiger partial charge in [0.05, 0.1) is 24.1 Å². The number of hydrogen-bond donors (Lipinski definition) is 1. The zero-order valence-corrected chi connectivity index (χ0v) is 19.6.